The highest BCUT2D eigenvalue weighted by atomic mass is 32.2. The van der Waals surface area contributed by atoms with Crippen molar-refractivity contribution in [3.63, 3.8) is 0 Å². The molecule has 0 aliphatic heterocycles. The van der Waals surface area contributed by atoms with Gasteiger partial charge in [-0.2, -0.15) is 5.10 Å². The van der Waals surface area contributed by atoms with E-state index in [1.54, 1.807) is 32.2 Å². The van der Waals surface area contributed by atoms with Crippen molar-refractivity contribution in [2.45, 2.75) is 17.3 Å². The highest BCUT2D eigenvalue weighted by Crippen LogP contribution is 2.34. The minimum absolute atomic E-state index is 0.143. The quantitative estimate of drug-likeness (QED) is 0.283. The fourth-order valence-electron chi connectivity index (χ4n) is 3.27. The van der Waals surface area contributed by atoms with Crippen LogP contribution in [0.4, 0.5) is 10.5 Å². The van der Waals surface area contributed by atoms with Crippen LogP contribution in [0.5, 0.6) is 11.5 Å². The van der Waals surface area contributed by atoms with E-state index in [0.717, 1.165) is 38.7 Å². The molecular formula is C26H25N3O4S. The van der Waals surface area contributed by atoms with E-state index >= 15 is 0 Å². The second-order valence-corrected chi connectivity index (χ2v) is 8.40. The maximum atomic E-state index is 12.5. The number of aromatic nitrogens is 2. The summed E-state index contributed by atoms with van der Waals surface area (Å²) in [5.74, 6) is 2.26. The van der Waals surface area contributed by atoms with Crippen LogP contribution in [0.25, 0.3) is 11.1 Å². The van der Waals surface area contributed by atoms with E-state index in [0.29, 0.717) is 11.4 Å². The van der Waals surface area contributed by atoms with Gasteiger partial charge >= 0.3 is 6.09 Å². The first-order chi connectivity index (χ1) is 16.6. The van der Waals surface area contributed by atoms with Crippen LogP contribution in [0.3, 0.4) is 0 Å². The molecule has 0 fully saturated rings. The molecule has 0 radical (unpaired) electrons. The molecule has 0 saturated heterocycles. The average molecular weight is 476 g/mol. The number of rotatable bonds is 9. The lowest BCUT2D eigenvalue weighted by Gasteiger charge is -2.13. The van der Waals surface area contributed by atoms with Gasteiger partial charge in [0.15, 0.2) is 0 Å². The van der Waals surface area contributed by atoms with E-state index in [4.69, 9.17) is 14.2 Å². The lowest BCUT2D eigenvalue weighted by Crippen LogP contribution is -2.14. The van der Waals surface area contributed by atoms with Crippen LogP contribution in [-0.2, 0) is 17.1 Å². The predicted molar refractivity (Wildman–Crippen MR) is 133 cm³/mol. The largest absolute Gasteiger partial charge is 0.497 e. The van der Waals surface area contributed by atoms with Crippen molar-refractivity contribution in [1.82, 2.24) is 10.2 Å². The fraction of sp³-hybridized carbons (Fsp3) is 0.154. The third kappa shape index (κ3) is 6.11. The predicted octanol–water partition coefficient (Wildman–Crippen LogP) is 6.13. The number of amides is 1. The Bertz CT molecular complexity index is 1230. The molecule has 0 atom stereocenters. The summed E-state index contributed by atoms with van der Waals surface area (Å²) in [6, 6.07) is 21.2. The van der Waals surface area contributed by atoms with Crippen LogP contribution < -0.4 is 14.8 Å². The van der Waals surface area contributed by atoms with Gasteiger partial charge in [-0.1, -0.05) is 30.3 Å². The van der Waals surface area contributed by atoms with Crippen molar-refractivity contribution in [3.05, 3.63) is 90.3 Å². The van der Waals surface area contributed by atoms with Crippen LogP contribution in [0.1, 0.15) is 11.1 Å². The van der Waals surface area contributed by atoms with E-state index in [9.17, 15) is 4.79 Å². The van der Waals surface area contributed by atoms with Crippen molar-refractivity contribution >= 4 is 23.5 Å². The lowest BCUT2D eigenvalue weighted by atomic mass is 10.1. The van der Waals surface area contributed by atoms with Crippen molar-refractivity contribution in [2.75, 3.05) is 19.5 Å². The van der Waals surface area contributed by atoms with Crippen molar-refractivity contribution < 1.29 is 19.0 Å². The summed E-state index contributed by atoms with van der Waals surface area (Å²) in [4.78, 5) is 13.5. The highest BCUT2D eigenvalue weighted by Gasteiger charge is 2.12. The molecule has 34 heavy (non-hydrogen) atoms. The molecule has 0 aliphatic carbocycles. The van der Waals surface area contributed by atoms with Gasteiger partial charge in [-0.15, -0.1) is 11.8 Å². The summed E-state index contributed by atoms with van der Waals surface area (Å²) in [6.07, 6.45) is 3.08. The molecule has 7 nitrogen and oxygen atoms in total. The molecule has 0 bridgehead atoms. The van der Waals surface area contributed by atoms with Crippen LogP contribution in [0.2, 0.25) is 0 Å². The normalized spacial score (nSPS) is 10.5. The van der Waals surface area contributed by atoms with Crippen LogP contribution in [0.15, 0.2) is 84.0 Å². The number of nitrogens with zero attached hydrogens (tertiary/aromatic N) is 1. The Balaban J connectivity index is 1.47. The monoisotopic (exact) mass is 475 g/mol. The number of carbonyl (C=O) groups is 1. The number of benzene rings is 3. The van der Waals surface area contributed by atoms with E-state index in [1.807, 2.05) is 72.9 Å². The average Bonchev–Trinajstić information content (AvgIpc) is 3.42. The van der Waals surface area contributed by atoms with Gasteiger partial charge in [0.1, 0.15) is 18.1 Å². The molecule has 4 rings (SSSR count). The van der Waals surface area contributed by atoms with Crippen LogP contribution >= 0.6 is 11.8 Å². The van der Waals surface area contributed by atoms with Crippen LogP contribution in [0, 0.1) is 0 Å². The molecule has 1 heterocycles. The standard InChI is InChI=1S/C26H25N3O4S/c1-31-22-9-6-18(7-10-22)17-34-25-13-20(21-14-27-28-15-21)8-11-24(25)29-26(30)33-16-19-4-3-5-23(12-19)32-2/h3-15H,16-17H2,1-2H3,(H,27,28)(H,29,30). The van der Waals surface area contributed by atoms with Gasteiger partial charge in [0.2, 0.25) is 0 Å². The zero-order valence-electron chi connectivity index (χ0n) is 18.9. The topological polar surface area (TPSA) is 85.5 Å². The first-order valence-electron chi connectivity index (χ1n) is 10.6. The van der Waals surface area contributed by atoms with E-state index < -0.39 is 6.09 Å². The molecular weight excluding hydrogens is 450 g/mol. The number of carbonyl (C=O) groups excluding carboxylic acids is 1. The first kappa shape index (κ1) is 23.3. The van der Waals surface area contributed by atoms with E-state index in [-0.39, 0.29) is 6.61 Å². The van der Waals surface area contributed by atoms with Gasteiger partial charge in [-0.25, -0.2) is 4.79 Å². The molecule has 0 unspecified atom stereocenters. The van der Waals surface area contributed by atoms with E-state index in [1.165, 1.54) is 0 Å². The number of methoxy groups -OCH3 is 2. The molecule has 8 heteroatoms. The Kier molecular flexibility index (Phi) is 7.72. The van der Waals surface area contributed by atoms with E-state index in [2.05, 4.69) is 15.5 Å². The molecule has 0 spiro atoms. The maximum absolute atomic E-state index is 12.5. The fourth-order valence-corrected chi connectivity index (χ4v) is 4.27. The van der Waals surface area contributed by atoms with Gasteiger partial charge in [0.05, 0.1) is 26.1 Å². The number of anilines is 1. The second-order valence-electron chi connectivity index (χ2n) is 7.39. The minimum Gasteiger partial charge on any atom is -0.497 e. The smallest absolute Gasteiger partial charge is 0.411 e. The first-order valence-corrected chi connectivity index (χ1v) is 11.6. The summed E-state index contributed by atoms with van der Waals surface area (Å²) in [5, 5.41) is 9.75. The summed E-state index contributed by atoms with van der Waals surface area (Å²) in [7, 11) is 3.25. The molecule has 0 aliphatic rings. The Morgan fingerprint density at radius 1 is 0.941 bits per heavy atom. The molecule has 3 aromatic carbocycles. The molecule has 1 aromatic heterocycles. The van der Waals surface area contributed by atoms with Crippen molar-refractivity contribution in [3.8, 4) is 22.6 Å². The number of aromatic amines is 1. The third-order valence-electron chi connectivity index (χ3n) is 5.11. The Morgan fingerprint density at radius 2 is 1.76 bits per heavy atom. The third-order valence-corrected chi connectivity index (χ3v) is 6.23. The highest BCUT2D eigenvalue weighted by molar-refractivity contribution is 7.98. The van der Waals surface area contributed by atoms with Crippen molar-refractivity contribution in [1.29, 1.82) is 0 Å². The van der Waals surface area contributed by atoms with Gasteiger partial charge in [-0.05, 0) is 53.1 Å². The molecule has 1 amide bonds. The summed E-state index contributed by atoms with van der Waals surface area (Å²) in [6.45, 7) is 0.143. The zero-order valence-corrected chi connectivity index (χ0v) is 19.7. The molecule has 4 aromatic rings. The van der Waals surface area contributed by atoms with Gasteiger partial charge in [-0.3, -0.25) is 10.4 Å². The second kappa shape index (κ2) is 11.3. The number of nitrogens with one attached hydrogen (secondary N) is 2. The Morgan fingerprint density at radius 3 is 2.50 bits per heavy atom. The lowest BCUT2D eigenvalue weighted by molar-refractivity contribution is 0.155. The summed E-state index contributed by atoms with van der Waals surface area (Å²) in [5.41, 5.74) is 4.64. The number of hydrogen-bond acceptors (Lipinski definition) is 6. The molecule has 0 saturated carbocycles. The Hall–Kier alpha value is -3.91. The number of H-pyrrole nitrogens is 1. The zero-order chi connectivity index (χ0) is 23.8. The van der Waals surface area contributed by atoms with Crippen molar-refractivity contribution in [2.24, 2.45) is 0 Å². The number of hydrogen-bond donors (Lipinski definition) is 2. The van der Waals surface area contributed by atoms with Gasteiger partial charge in [0, 0.05) is 22.4 Å². The van der Waals surface area contributed by atoms with Gasteiger partial charge < -0.3 is 14.2 Å². The molecule has 174 valence electrons. The minimum atomic E-state index is -0.523. The molecule has 2 N–H and O–H groups in total. The summed E-state index contributed by atoms with van der Waals surface area (Å²) >= 11 is 1.63. The SMILES string of the molecule is COc1ccc(CSc2cc(-c3cn[nH]c3)ccc2NC(=O)OCc2cccc(OC)c2)cc1. The Labute approximate surface area is 202 Å². The van der Waals surface area contributed by atoms with Crippen LogP contribution in [-0.4, -0.2) is 30.5 Å². The maximum Gasteiger partial charge on any atom is 0.411 e. The number of ether oxygens (including phenoxy) is 3. The summed E-state index contributed by atoms with van der Waals surface area (Å²) < 4.78 is 15.9. The number of thioether (sulfide) groups is 1. The van der Waals surface area contributed by atoms with Gasteiger partial charge in [0.25, 0.3) is 0 Å².